The van der Waals surface area contributed by atoms with Crippen LogP contribution in [0.25, 0.3) is 0 Å². The zero-order valence-electron chi connectivity index (χ0n) is 14.6. The van der Waals surface area contributed by atoms with Gasteiger partial charge in [-0.2, -0.15) is 0 Å². The standard InChI is InChI=1S/C18H21N3O3S/c1-11-8-15(16(21(23)24)9-12(11)2)19-18(22)10-20-6-4-17-14(13(20)3)5-7-25-17/h5,7-9,13H,4,6,10H2,1-3H3,(H,19,22)/p+1/t13-/m1/s1. The van der Waals surface area contributed by atoms with Crippen molar-refractivity contribution in [1.29, 1.82) is 0 Å². The van der Waals surface area contributed by atoms with Crippen LogP contribution in [0.1, 0.15) is 34.5 Å². The van der Waals surface area contributed by atoms with E-state index in [0.29, 0.717) is 6.54 Å². The van der Waals surface area contributed by atoms with Gasteiger partial charge in [-0.15, -0.1) is 11.3 Å². The topological polar surface area (TPSA) is 76.7 Å². The average Bonchev–Trinajstić information content (AvgIpc) is 3.02. The van der Waals surface area contributed by atoms with Crippen LogP contribution in [0.5, 0.6) is 0 Å². The SMILES string of the molecule is Cc1cc(NC(=O)C[NH+]2CCc3sccc3[C@H]2C)c([N+](=O)[O-])cc1C. The van der Waals surface area contributed by atoms with Crippen LogP contribution in [0, 0.1) is 24.0 Å². The highest BCUT2D eigenvalue weighted by molar-refractivity contribution is 7.10. The molecule has 1 aliphatic heterocycles. The molecule has 0 saturated heterocycles. The Kier molecular flexibility index (Phi) is 4.87. The lowest BCUT2D eigenvalue weighted by molar-refractivity contribution is -0.923. The lowest BCUT2D eigenvalue weighted by Gasteiger charge is -2.29. The van der Waals surface area contributed by atoms with Gasteiger partial charge in [-0.05, 0) is 49.4 Å². The molecule has 0 spiro atoms. The first-order valence-corrected chi connectivity index (χ1v) is 9.21. The van der Waals surface area contributed by atoms with Crippen molar-refractivity contribution in [2.75, 3.05) is 18.4 Å². The van der Waals surface area contributed by atoms with E-state index in [2.05, 4.69) is 23.7 Å². The Balaban J connectivity index is 1.73. The Morgan fingerprint density at radius 2 is 2.12 bits per heavy atom. The quantitative estimate of drug-likeness (QED) is 0.649. The molecule has 1 aliphatic rings. The number of carbonyl (C=O) groups excluding carboxylic acids is 1. The summed E-state index contributed by atoms with van der Waals surface area (Å²) in [5.41, 5.74) is 3.29. The molecule has 1 aromatic heterocycles. The molecule has 132 valence electrons. The molecule has 2 heterocycles. The Bertz CT molecular complexity index is 831. The van der Waals surface area contributed by atoms with Crippen LogP contribution in [0.15, 0.2) is 23.6 Å². The van der Waals surface area contributed by atoms with Crippen molar-refractivity contribution in [2.45, 2.75) is 33.2 Å². The summed E-state index contributed by atoms with van der Waals surface area (Å²) in [6, 6.07) is 5.59. The van der Waals surface area contributed by atoms with Crippen molar-refractivity contribution in [1.82, 2.24) is 0 Å². The second kappa shape index (κ2) is 6.93. The molecule has 1 amide bonds. The number of benzene rings is 1. The highest BCUT2D eigenvalue weighted by atomic mass is 32.1. The van der Waals surface area contributed by atoms with Crippen LogP contribution in [0.4, 0.5) is 11.4 Å². The van der Waals surface area contributed by atoms with E-state index in [4.69, 9.17) is 0 Å². The number of nitrogens with zero attached hydrogens (tertiary/aromatic N) is 1. The van der Waals surface area contributed by atoms with Crippen LogP contribution < -0.4 is 10.2 Å². The maximum atomic E-state index is 12.5. The molecule has 0 aliphatic carbocycles. The summed E-state index contributed by atoms with van der Waals surface area (Å²) in [5.74, 6) is -0.188. The molecule has 0 fully saturated rings. The molecule has 0 bridgehead atoms. The number of nitro groups is 1. The summed E-state index contributed by atoms with van der Waals surface area (Å²) in [7, 11) is 0. The lowest BCUT2D eigenvalue weighted by atomic mass is 10.0. The zero-order chi connectivity index (χ0) is 18.1. The van der Waals surface area contributed by atoms with Crippen molar-refractivity contribution in [2.24, 2.45) is 0 Å². The molecule has 25 heavy (non-hydrogen) atoms. The summed E-state index contributed by atoms with van der Waals surface area (Å²) in [5, 5.41) is 16.1. The van der Waals surface area contributed by atoms with Gasteiger partial charge in [0.25, 0.3) is 11.6 Å². The largest absolute Gasteiger partial charge is 0.321 e. The second-order valence-electron chi connectivity index (χ2n) is 6.61. The van der Waals surface area contributed by atoms with E-state index in [0.717, 1.165) is 24.1 Å². The number of amides is 1. The van der Waals surface area contributed by atoms with Crippen LogP contribution >= 0.6 is 11.3 Å². The Hall–Kier alpha value is -2.25. The lowest BCUT2D eigenvalue weighted by Crippen LogP contribution is -3.14. The summed E-state index contributed by atoms with van der Waals surface area (Å²) < 4.78 is 0. The van der Waals surface area contributed by atoms with Gasteiger partial charge in [-0.3, -0.25) is 14.9 Å². The number of anilines is 1. The van der Waals surface area contributed by atoms with Crippen molar-refractivity contribution in [3.05, 3.63) is 55.3 Å². The van der Waals surface area contributed by atoms with Gasteiger partial charge < -0.3 is 10.2 Å². The van der Waals surface area contributed by atoms with Gasteiger partial charge in [-0.25, -0.2) is 0 Å². The van der Waals surface area contributed by atoms with Crippen molar-refractivity contribution < 1.29 is 14.6 Å². The van der Waals surface area contributed by atoms with Crippen molar-refractivity contribution >= 4 is 28.6 Å². The van der Waals surface area contributed by atoms with Crippen LogP contribution in [-0.4, -0.2) is 23.9 Å². The van der Waals surface area contributed by atoms with Crippen LogP contribution in [0.3, 0.4) is 0 Å². The minimum atomic E-state index is -0.448. The maximum absolute atomic E-state index is 12.5. The van der Waals surface area contributed by atoms with E-state index < -0.39 is 4.92 Å². The van der Waals surface area contributed by atoms with Gasteiger partial charge in [-0.1, -0.05) is 0 Å². The summed E-state index contributed by atoms with van der Waals surface area (Å²) >= 11 is 1.77. The number of carbonyl (C=O) groups is 1. The molecule has 1 unspecified atom stereocenters. The summed E-state index contributed by atoms with van der Waals surface area (Å²) in [6.07, 6.45) is 0.976. The number of aryl methyl sites for hydroxylation is 2. The molecular weight excluding hydrogens is 338 g/mol. The summed E-state index contributed by atoms with van der Waals surface area (Å²) in [4.78, 5) is 25.9. The molecule has 2 atom stereocenters. The van der Waals surface area contributed by atoms with E-state index in [1.807, 2.05) is 13.8 Å². The Labute approximate surface area is 150 Å². The normalized spacial score (nSPS) is 19.3. The number of nitro benzene ring substituents is 1. The maximum Gasteiger partial charge on any atom is 0.293 e. The van der Waals surface area contributed by atoms with Crippen molar-refractivity contribution in [3.8, 4) is 0 Å². The Morgan fingerprint density at radius 1 is 1.40 bits per heavy atom. The molecular formula is C18H22N3O3S+. The number of thiophene rings is 1. The van der Waals surface area contributed by atoms with E-state index in [-0.39, 0.29) is 23.3 Å². The highest BCUT2D eigenvalue weighted by Crippen LogP contribution is 2.28. The number of hydrogen-bond acceptors (Lipinski definition) is 4. The fourth-order valence-electron chi connectivity index (χ4n) is 3.34. The predicted molar refractivity (Wildman–Crippen MR) is 98.3 cm³/mol. The zero-order valence-corrected chi connectivity index (χ0v) is 15.4. The van der Waals surface area contributed by atoms with Gasteiger partial charge in [0.15, 0.2) is 6.54 Å². The van der Waals surface area contributed by atoms with Gasteiger partial charge in [0, 0.05) is 22.9 Å². The third kappa shape index (κ3) is 3.57. The van der Waals surface area contributed by atoms with Crippen molar-refractivity contribution in [3.63, 3.8) is 0 Å². The highest BCUT2D eigenvalue weighted by Gasteiger charge is 2.30. The van der Waals surface area contributed by atoms with E-state index in [1.165, 1.54) is 21.4 Å². The first kappa shape index (κ1) is 17.6. The molecule has 0 radical (unpaired) electrons. The number of rotatable bonds is 4. The fourth-order valence-corrected chi connectivity index (χ4v) is 4.32. The minimum absolute atomic E-state index is 0.0572. The smallest absolute Gasteiger partial charge is 0.293 e. The van der Waals surface area contributed by atoms with E-state index >= 15 is 0 Å². The molecule has 6 nitrogen and oxygen atoms in total. The van der Waals surface area contributed by atoms with Crippen LogP contribution in [0.2, 0.25) is 0 Å². The van der Waals surface area contributed by atoms with Gasteiger partial charge in [0.2, 0.25) is 0 Å². The fraction of sp³-hybridized carbons (Fsp3) is 0.389. The van der Waals surface area contributed by atoms with Gasteiger partial charge in [0.1, 0.15) is 11.7 Å². The van der Waals surface area contributed by atoms with Crippen LogP contribution in [-0.2, 0) is 11.2 Å². The number of nitrogens with one attached hydrogen (secondary N) is 2. The second-order valence-corrected chi connectivity index (χ2v) is 7.62. The number of quaternary nitrogens is 1. The molecule has 1 aromatic carbocycles. The van der Waals surface area contributed by atoms with E-state index in [1.54, 1.807) is 17.4 Å². The molecule has 2 aromatic rings. The predicted octanol–water partition coefficient (Wildman–Crippen LogP) is 2.41. The number of fused-ring (bicyclic) bond motifs is 1. The first-order valence-electron chi connectivity index (χ1n) is 8.33. The molecule has 0 saturated carbocycles. The monoisotopic (exact) mass is 360 g/mol. The molecule has 7 heteroatoms. The summed E-state index contributed by atoms with van der Waals surface area (Å²) in [6.45, 7) is 7.04. The average molecular weight is 360 g/mol. The third-order valence-electron chi connectivity index (χ3n) is 5.00. The number of hydrogen-bond donors (Lipinski definition) is 2. The van der Waals surface area contributed by atoms with Gasteiger partial charge in [0.05, 0.1) is 11.5 Å². The molecule has 2 N–H and O–H groups in total. The Morgan fingerprint density at radius 3 is 2.84 bits per heavy atom. The van der Waals surface area contributed by atoms with E-state index in [9.17, 15) is 14.9 Å². The minimum Gasteiger partial charge on any atom is -0.321 e. The molecule has 3 rings (SSSR count). The van der Waals surface area contributed by atoms with Gasteiger partial charge >= 0.3 is 0 Å². The first-order chi connectivity index (χ1) is 11.9. The third-order valence-corrected chi connectivity index (χ3v) is 6.00.